The Labute approximate surface area is 67.6 Å². The van der Waals surface area contributed by atoms with E-state index in [1.165, 1.54) is 19.3 Å². The minimum atomic E-state index is 0.625. The van der Waals surface area contributed by atoms with E-state index in [0.717, 1.165) is 13.2 Å². The summed E-state index contributed by atoms with van der Waals surface area (Å²) in [6, 6.07) is 1.32. The molecule has 1 N–H and O–H groups in total. The van der Waals surface area contributed by atoms with Crippen molar-refractivity contribution >= 4 is 0 Å². The molecule has 0 spiro atoms. The van der Waals surface area contributed by atoms with Gasteiger partial charge in [0, 0.05) is 18.7 Å². The average Bonchev–Trinajstić information content (AvgIpc) is 2.60. The fourth-order valence-corrected chi connectivity index (χ4v) is 1.75. The molecule has 1 unspecified atom stereocenters. The van der Waals surface area contributed by atoms with Crippen molar-refractivity contribution in [3.8, 4) is 0 Å². The summed E-state index contributed by atoms with van der Waals surface area (Å²) in [5.41, 5.74) is 0. The predicted molar refractivity (Wildman–Crippen MR) is 44.5 cm³/mol. The molecule has 0 radical (unpaired) electrons. The zero-order valence-electron chi connectivity index (χ0n) is 6.75. The lowest BCUT2D eigenvalue weighted by molar-refractivity contribution is 0.188. The van der Waals surface area contributed by atoms with Crippen LogP contribution in [0, 0.1) is 0 Å². The Bertz CT molecular complexity index is 142. The lowest BCUT2D eigenvalue weighted by Crippen LogP contribution is -2.36. The maximum absolute atomic E-state index is 5.28. The van der Waals surface area contributed by atoms with Crippen molar-refractivity contribution in [2.45, 2.75) is 31.3 Å². The van der Waals surface area contributed by atoms with Gasteiger partial charge in [0.1, 0.15) is 0 Å². The highest BCUT2D eigenvalue weighted by Crippen LogP contribution is 2.12. The molecule has 1 heterocycles. The largest absolute Gasteiger partial charge is 0.380 e. The van der Waals surface area contributed by atoms with E-state index in [9.17, 15) is 0 Å². The fourth-order valence-electron chi connectivity index (χ4n) is 1.75. The van der Waals surface area contributed by atoms with Crippen molar-refractivity contribution in [1.82, 2.24) is 5.32 Å². The van der Waals surface area contributed by atoms with Crippen LogP contribution >= 0.6 is 0 Å². The molecule has 2 heteroatoms. The summed E-state index contributed by atoms with van der Waals surface area (Å²) in [4.78, 5) is 0. The smallest absolute Gasteiger partial charge is 0.0620 e. The van der Waals surface area contributed by atoms with Crippen LogP contribution in [0.2, 0.25) is 0 Å². The van der Waals surface area contributed by atoms with Crippen molar-refractivity contribution in [1.29, 1.82) is 0 Å². The minimum Gasteiger partial charge on any atom is -0.380 e. The van der Waals surface area contributed by atoms with Crippen LogP contribution in [0.5, 0.6) is 0 Å². The van der Waals surface area contributed by atoms with Crippen LogP contribution in [-0.2, 0) is 4.74 Å². The molecule has 0 aromatic rings. The van der Waals surface area contributed by atoms with Crippen molar-refractivity contribution in [3.63, 3.8) is 0 Å². The van der Waals surface area contributed by atoms with Gasteiger partial charge in [0.15, 0.2) is 0 Å². The van der Waals surface area contributed by atoms with Gasteiger partial charge < -0.3 is 10.1 Å². The van der Waals surface area contributed by atoms with Crippen LogP contribution in [-0.4, -0.2) is 25.3 Å². The number of rotatable bonds is 2. The first kappa shape index (κ1) is 7.32. The molecule has 11 heavy (non-hydrogen) atoms. The zero-order chi connectivity index (χ0) is 7.52. The topological polar surface area (TPSA) is 21.3 Å². The third-order valence-corrected chi connectivity index (χ3v) is 2.41. The lowest BCUT2D eigenvalue weighted by Gasteiger charge is -2.16. The van der Waals surface area contributed by atoms with E-state index >= 15 is 0 Å². The first-order valence-electron chi connectivity index (χ1n) is 4.44. The molecule has 0 aromatic heterocycles. The molecule has 0 saturated carbocycles. The molecule has 62 valence electrons. The molecule has 2 rings (SSSR count). The first-order chi connectivity index (χ1) is 5.45. The summed E-state index contributed by atoms with van der Waals surface area (Å²) in [6.45, 7) is 1.86. The van der Waals surface area contributed by atoms with Crippen LogP contribution < -0.4 is 5.32 Å². The van der Waals surface area contributed by atoms with Crippen LogP contribution in [0.15, 0.2) is 12.2 Å². The van der Waals surface area contributed by atoms with Crippen LogP contribution in [0.3, 0.4) is 0 Å². The third-order valence-electron chi connectivity index (χ3n) is 2.41. The summed E-state index contributed by atoms with van der Waals surface area (Å²) >= 11 is 0. The van der Waals surface area contributed by atoms with Crippen molar-refractivity contribution < 1.29 is 4.74 Å². The molecule has 1 aliphatic heterocycles. The Morgan fingerprint density at radius 1 is 1.18 bits per heavy atom. The van der Waals surface area contributed by atoms with Gasteiger partial charge in [-0.3, -0.25) is 0 Å². The van der Waals surface area contributed by atoms with Gasteiger partial charge in [-0.15, -0.1) is 0 Å². The third kappa shape index (κ3) is 1.82. The Balaban J connectivity index is 1.72. The number of nitrogens with one attached hydrogen (secondary N) is 1. The monoisotopic (exact) mass is 153 g/mol. The SMILES string of the molecule is C1=CCC(NC2CCOC2)C1. The lowest BCUT2D eigenvalue weighted by atomic mass is 10.2. The van der Waals surface area contributed by atoms with E-state index in [0.29, 0.717) is 12.1 Å². The maximum atomic E-state index is 5.28. The van der Waals surface area contributed by atoms with Gasteiger partial charge in [0.25, 0.3) is 0 Å². The normalized spacial score (nSPS) is 31.8. The molecule has 1 fully saturated rings. The van der Waals surface area contributed by atoms with Gasteiger partial charge >= 0.3 is 0 Å². The second-order valence-corrected chi connectivity index (χ2v) is 3.37. The molecule has 2 aliphatic rings. The fraction of sp³-hybridized carbons (Fsp3) is 0.778. The molecule has 2 nitrogen and oxygen atoms in total. The Kier molecular flexibility index (Phi) is 2.24. The van der Waals surface area contributed by atoms with E-state index in [1.807, 2.05) is 0 Å². The Morgan fingerprint density at radius 3 is 2.64 bits per heavy atom. The molecule has 0 bridgehead atoms. The molecular weight excluding hydrogens is 138 g/mol. The maximum Gasteiger partial charge on any atom is 0.0620 e. The van der Waals surface area contributed by atoms with Crippen molar-refractivity contribution in [2.24, 2.45) is 0 Å². The molecular formula is C9H15NO. The Morgan fingerprint density at radius 2 is 2.00 bits per heavy atom. The quantitative estimate of drug-likeness (QED) is 0.599. The second-order valence-electron chi connectivity index (χ2n) is 3.37. The van der Waals surface area contributed by atoms with Crippen LogP contribution in [0.4, 0.5) is 0 Å². The number of ether oxygens (including phenoxy) is 1. The summed E-state index contributed by atoms with van der Waals surface area (Å²) in [5.74, 6) is 0. The van der Waals surface area contributed by atoms with Gasteiger partial charge in [0.05, 0.1) is 6.61 Å². The van der Waals surface area contributed by atoms with Gasteiger partial charge in [-0.05, 0) is 19.3 Å². The molecule has 0 amide bonds. The predicted octanol–water partition coefficient (Wildman–Crippen LogP) is 1.08. The summed E-state index contributed by atoms with van der Waals surface area (Å²) < 4.78 is 5.28. The van der Waals surface area contributed by atoms with E-state index < -0.39 is 0 Å². The van der Waals surface area contributed by atoms with Gasteiger partial charge in [0.2, 0.25) is 0 Å². The van der Waals surface area contributed by atoms with E-state index in [2.05, 4.69) is 17.5 Å². The highest BCUT2D eigenvalue weighted by molar-refractivity contribution is 4.98. The molecule has 0 aromatic carbocycles. The summed E-state index contributed by atoms with van der Waals surface area (Å²) in [6.07, 6.45) is 8.12. The number of hydrogen-bond donors (Lipinski definition) is 1. The summed E-state index contributed by atoms with van der Waals surface area (Å²) in [7, 11) is 0. The van der Waals surface area contributed by atoms with Gasteiger partial charge in [-0.25, -0.2) is 0 Å². The van der Waals surface area contributed by atoms with Crippen molar-refractivity contribution in [2.75, 3.05) is 13.2 Å². The molecule has 1 saturated heterocycles. The zero-order valence-corrected chi connectivity index (χ0v) is 6.75. The Hall–Kier alpha value is -0.340. The molecule has 1 atom stereocenters. The molecule has 1 aliphatic carbocycles. The van der Waals surface area contributed by atoms with E-state index in [-0.39, 0.29) is 0 Å². The number of hydrogen-bond acceptors (Lipinski definition) is 2. The summed E-state index contributed by atoms with van der Waals surface area (Å²) in [5, 5.41) is 3.59. The average molecular weight is 153 g/mol. The van der Waals surface area contributed by atoms with Crippen LogP contribution in [0.25, 0.3) is 0 Å². The van der Waals surface area contributed by atoms with Crippen LogP contribution in [0.1, 0.15) is 19.3 Å². The second kappa shape index (κ2) is 3.37. The van der Waals surface area contributed by atoms with E-state index in [4.69, 9.17) is 4.74 Å². The highest BCUT2D eigenvalue weighted by Gasteiger charge is 2.19. The van der Waals surface area contributed by atoms with Crippen molar-refractivity contribution in [3.05, 3.63) is 12.2 Å². The van der Waals surface area contributed by atoms with E-state index in [1.54, 1.807) is 0 Å². The minimum absolute atomic E-state index is 0.625. The first-order valence-corrected chi connectivity index (χ1v) is 4.44. The van der Waals surface area contributed by atoms with Gasteiger partial charge in [-0.2, -0.15) is 0 Å². The standard InChI is InChI=1S/C9H15NO/c1-2-4-8(3-1)10-9-5-6-11-7-9/h1-2,8-10H,3-7H2. The highest BCUT2D eigenvalue weighted by atomic mass is 16.5. The van der Waals surface area contributed by atoms with Gasteiger partial charge in [-0.1, -0.05) is 12.2 Å².